The van der Waals surface area contributed by atoms with Gasteiger partial charge in [0.15, 0.2) is 0 Å². The molecule has 248 valence electrons. The van der Waals surface area contributed by atoms with Crippen LogP contribution in [0.1, 0.15) is 6.92 Å². The van der Waals surface area contributed by atoms with E-state index >= 15 is 0 Å². The number of nitrogens with one attached hydrogen (secondary N) is 2. The molecule has 0 saturated carbocycles. The van der Waals surface area contributed by atoms with E-state index in [0.717, 1.165) is 24.3 Å². The Hall–Kier alpha value is -2.41. The second-order valence-corrected chi connectivity index (χ2v) is 14.5. The number of azo groups is 1. The van der Waals surface area contributed by atoms with Crippen LogP contribution in [-0.4, -0.2) is 126 Å². The third kappa shape index (κ3) is 9.68. The molecule has 0 aliphatic carbocycles. The SMILES string of the molecule is CC(N)CNc1nc(Cl)nc(Nc2ccc(N=Nc3cc(S(=O)(=O)O)c4cccc(S(=O)(=O)O)c4c3)c3cccc(S(=O)(=O)O)c23)n1.[Na].[Na]. The molecular weight excluding hydrogens is 746 g/mol. The Labute approximate surface area is 329 Å². The average Bonchev–Trinajstić information content (AvgIpc) is 2.97. The monoisotopic (exact) mass is 768 g/mol. The van der Waals surface area contributed by atoms with Crippen LogP contribution in [0.2, 0.25) is 5.28 Å². The van der Waals surface area contributed by atoms with Crippen molar-refractivity contribution >= 4 is 152 Å². The maximum atomic E-state index is 12.4. The normalized spacial score (nSPS) is 12.8. The molecule has 0 aliphatic heterocycles. The number of halogens is 1. The molecule has 1 heterocycles. The fourth-order valence-electron chi connectivity index (χ4n) is 4.54. The van der Waals surface area contributed by atoms with Crippen LogP contribution in [0.15, 0.2) is 85.6 Å². The minimum absolute atomic E-state index is 0. The number of fused-ring (bicyclic) bond motifs is 2. The first-order valence-corrected chi connectivity index (χ1v) is 17.8. The number of benzene rings is 4. The molecule has 2 radical (unpaired) electrons. The molecule has 1 aromatic heterocycles. The van der Waals surface area contributed by atoms with Crippen molar-refractivity contribution in [3.63, 3.8) is 0 Å². The molecule has 4 aromatic carbocycles. The molecule has 0 bridgehead atoms. The van der Waals surface area contributed by atoms with E-state index in [0.29, 0.717) is 6.54 Å². The van der Waals surface area contributed by atoms with E-state index in [4.69, 9.17) is 17.3 Å². The predicted molar refractivity (Wildman–Crippen MR) is 183 cm³/mol. The zero-order valence-electron chi connectivity index (χ0n) is 25.8. The molecule has 0 fully saturated rings. The van der Waals surface area contributed by atoms with Gasteiger partial charge in [-0.2, -0.15) is 45.3 Å². The van der Waals surface area contributed by atoms with E-state index in [1.54, 1.807) is 6.92 Å². The van der Waals surface area contributed by atoms with Crippen molar-refractivity contribution in [1.82, 2.24) is 15.0 Å². The largest absolute Gasteiger partial charge is 0.352 e. The third-order valence-electron chi connectivity index (χ3n) is 6.43. The van der Waals surface area contributed by atoms with Crippen molar-refractivity contribution in [3.05, 3.63) is 65.9 Å². The summed E-state index contributed by atoms with van der Waals surface area (Å²) in [6, 6.07) is 11.9. The van der Waals surface area contributed by atoms with Gasteiger partial charge in [0.2, 0.25) is 17.2 Å². The van der Waals surface area contributed by atoms with Crippen molar-refractivity contribution in [2.24, 2.45) is 16.0 Å². The molecule has 0 amide bonds. The smallest absolute Gasteiger partial charge is 0.295 e. The standard InChI is InChI=1S/C26H23ClN8O9S3.2Na/c1-13(28)12-29-25-31-24(27)32-26(33-25)30-19-9-8-18(16-5-3-7-21(23(16)19)46(39,40)41)35-34-14-10-17-15(22(11-14)47(42,43)44)4-2-6-20(17)45(36,37)38;;/h2-11,13H,12,28H2,1H3,(H,36,37,38)(H,39,40,41)(H,42,43,44)(H2,29,30,31,32,33);;. The third-order valence-corrected chi connectivity index (χ3v) is 9.30. The first kappa shape index (κ1) is 41.0. The molecule has 5 aromatic rings. The minimum Gasteiger partial charge on any atom is -0.352 e. The van der Waals surface area contributed by atoms with Crippen molar-refractivity contribution in [2.45, 2.75) is 27.7 Å². The summed E-state index contributed by atoms with van der Waals surface area (Å²) >= 11 is 6.05. The van der Waals surface area contributed by atoms with Gasteiger partial charge in [-0.25, -0.2) is 0 Å². The number of hydrogen-bond donors (Lipinski definition) is 6. The number of aromatic nitrogens is 3. The molecule has 0 spiro atoms. The van der Waals surface area contributed by atoms with Crippen molar-refractivity contribution in [1.29, 1.82) is 0 Å². The number of nitrogens with two attached hydrogens (primary N) is 1. The van der Waals surface area contributed by atoms with Gasteiger partial charge in [-0.05, 0) is 54.9 Å². The Morgan fingerprint density at radius 3 is 1.96 bits per heavy atom. The zero-order valence-corrected chi connectivity index (χ0v) is 33.0. The molecule has 23 heteroatoms. The van der Waals surface area contributed by atoms with Gasteiger partial charge in [0.25, 0.3) is 30.4 Å². The van der Waals surface area contributed by atoms with E-state index in [-0.39, 0.29) is 121 Å². The summed E-state index contributed by atoms with van der Waals surface area (Å²) < 4.78 is 103. The van der Waals surface area contributed by atoms with Crippen LogP contribution < -0.4 is 16.4 Å². The summed E-state index contributed by atoms with van der Waals surface area (Å²) in [4.78, 5) is 10.3. The Morgan fingerprint density at radius 1 is 0.755 bits per heavy atom. The number of anilines is 3. The average molecular weight is 769 g/mol. The summed E-state index contributed by atoms with van der Waals surface area (Å²) in [5, 5.41) is 13.2. The van der Waals surface area contributed by atoms with Crippen molar-refractivity contribution in [2.75, 3.05) is 17.2 Å². The Balaban J connectivity index is 0.00000325. The number of rotatable bonds is 10. The van der Waals surface area contributed by atoms with Crippen LogP contribution in [0.25, 0.3) is 21.5 Å². The Bertz CT molecular complexity index is 2440. The Morgan fingerprint density at radius 2 is 1.35 bits per heavy atom. The second-order valence-electron chi connectivity index (χ2n) is 9.97. The molecule has 5 rings (SSSR count). The first-order valence-electron chi connectivity index (χ1n) is 13.1. The summed E-state index contributed by atoms with van der Waals surface area (Å²) in [5.41, 5.74) is 5.61. The van der Waals surface area contributed by atoms with Gasteiger partial charge in [0.1, 0.15) is 14.7 Å². The maximum Gasteiger partial charge on any atom is 0.295 e. The zero-order chi connectivity index (χ0) is 34.3. The molecule has 7 N–H and O–H groups in total. The van der Waals surface area contributed by atoms with Gasteiger partial charge in [0, 0.05) is 93.2 Å². The van der Waals surface area contributed by atoms with E-state index < -0.39 is 45.0 Å². The van der Waals surface area contributed by atoms with E-state index in [2.05, 4.69) is 35.8 Å². The molecule has 49 heavy (non-hydrogen) atoms. The quantitative estimate of drug-likeness (QED) is 0.0671. The van der Waals surface area contributed by atoms with Crippen LogP contribution in [0, 0.1) is 0 Å². The topological polar surface area (TPSA) is 277 Å². The van der Waals surface area contributed by atoms with E-state index in [9.17, 15) is 38.9 Å². The molecule has 0 aliphatic rings. The fraction of sp³-hybridized carbons (Fsp3) is 0.115. The molecular formula is C26H23ClN8Na2O9S3. The molecule has 17 nitrogen and oxygen atoms in total. The van der Waals surface area contributed by atoms with Crippen molar-refractivity contribution < 1.29 is 38.9 Å². The summed E-state index contributed by atoms with van der Waals surface area (Å²) in [6.07, 6.45) is 0. The maximum absolute atomic E-state index is 12.4. The summed E-state index contributed by atoms with van der Waals surface area (Å²) in [6.45, 7) is 2.05. The molecule has 1 atom stereocenters. The Kier molecular flexibility index (Phi) is 13.3. The molecule has 1 unspecified atom stereocenters. The summed E-state index contributed by atoms with van der Waals surface area (Å²) in [7, 11) is -14.6. The van der Waals surface area contributed by atoms with Crippen LogP contribution in [0.3, 0.4) is 0 Å². The second kappa shape index (κ2) is 15.9. The van der Waals surface area contributed by atoms with Gasteiger partial charge in [0.05, 0.1) is 17.1 Å². The van der Waals surface area contributed by atoms with Gasteiger partial charge in [-0.1, -0.05) is 24.3 Å². The molecule has 0 saturated heterocycles. The predicted octanol–water partition coefficient (Wildman–Crippen LogP) is 3.73. The van der Waals surface area contributed by atoms with E-state index in [1.807, 2.05) is 0 Å². The van der Waals surface area contributed by atoms with Crippen LogP contribution in [-0.2, 0) is 30.4 Å². The fourth-order valence-corrected chi connectivity index (χ4v) is 6.85. The van der Waals surface area contributed by atoms with Crippen LogP contribution in [0.5, 0.6) is 0 Å². The number of nitrogens with zero attached hydrogens (tertiary/aromatic N) is 5. The van der Waals surface area contributed by atoms with Gasteiger partial charge >= 0.3 is 0 Å². The summed E-state index contributed by atoms with van der Waals surface area (Å²) in [5.74, 6) is -0.0205. The minimum atomic E-state index is -4.92. The van der Waals surface area contributed by atoms with Crippen LogP contribution in [0.4, 0.5) is 29.0 Å². The van der Waals surface area contributed by atoms with E-state index in [1.165, 1.54) is 36.4 Å². The van der Waals surface area contributed by atoms with Gasteiger partial charge in [-0.15, -0.1) is 5.11 Å². The number of hydrogen-bond acceptors (Lipinski definition) is 14. The van der Waals surface area contributed by atoms with Gasteiger partial charge in [-0.3, -0.25) is 13.7 Å². The van der Waals surface area contributed by atoms with Gasteiger partial charge < -0.3 is 16.4 Å². The van der Waals surface area contributed by atoms with Crippen molar-refractivity contribution in [3.8, 4) is 0 Å². The first-order chi connectivity index (χ1) is 21.9. The van der Waals surface area contributed by atoms with Crippen LogP contribution >= 0.6 is 11.6 Å².